The van der Waals surface area contributed by atoms with Crippen molar-refractivity contribution in [2.45, 2.75) is 135 Å². The van der Waals surface area contributed by atoms with Crippen molar-refractivity contribution < 1.29 is 17.4 Å². The Labute approximate surface area is 197 Å². The van der Waals surface area contributed by atoms with Crippen LogP contribution in [0, 0.1) is 0 Å². The fourth-order valence-corrected chi connectivity index (χ4v) is 7.76. The second-order valence-electron chi connectivity index (χ2n) is 9.83. The highest BCUT2D eigenvalue weighted by Gasteiger charge is 2.62. The molecule has 4 nitrogen and oxygen atoms in total. The third-order valence-electron chi connectivity index (χ3n) is 7.25. The monoisotopic (exact) mass is 460 g/mol. The Balaban J connectivity index is 3.75. The lowest BCUT2D eigenvalue weighted by atomic mass is 10.0. The first-order valence-electron chi connectivity index (χ1n) is 13.4. The third kappa shape index (κ3) is 12.2. The van der Waals surface area contributed by atoms with Crippen molar-refractivity contribution in [1.82, 2.24) is 0 Å². The van der Waals surface area contributed by atoms with Crippen molar-refractivity contribution >= 4 is 8.97 Å². The highest BCUT2D eigenvalue weighted by Crippen LogP contribution is 2.28. The molecule has 0 aromatic rings. The summed E-state index contributed by atoms with van der Waals surface area (Å²) in [7, 11) is 6.89. The van der Waals surface area contributed by atoms with E-state index in [1.165, 1.54) is 109 Å². The second kappa shape index (κ2) is 19.5. The molecule has 0 fully saturated rings. The minimum atomic E-state index is -2.70. The van der Waals surface area contributed by atoms with Crippen LogP contribution in [0.3, 0.4) is 0 Å². The van der Waals surface area contributed by atoms with Gasteiger partial charge >= 0.3 is 8.97 Å². The van der Waals surface area contributed by atoms with Gasteiger partial charge in [0, 0.05) is 21.3 Å². The molecule has 31 heavy (non-hydrogen) atoms. The molecule has 0 spiro atoms. The van der Waals surface area contributed by atoms with Gasteiger partial charge < -0.3 is 17.4 Å². The molecule has 0 rings (SSSR count). The Morgan fingerprint density at radius 3 is 1.16 bits per heavy atom. The SMILES string of the molecule is CCCCCCCCCCCCCCCCCCC(CC)[N+](C)(C)[Si](OC)(OC)OC. The van der Waals surface area contributed by atoms with Crippen molar-refractivity contribution in [2.75, 3.05) is 35.4 Å². The van der Waals surface area contributed by atoms with E-state index in [1.807, 2.05) is 0 Å². The van der Waals surface area contributed by atoms with Crippen LogP contribution in [0.5, 0.6) is 0 Å². The van der Waals surface area contributed by atoms with Crippen LogP contribution >= 0.6 is 0 Å². The summed E-state index contributed by atoms with van der Waals surface area (Å²) in [6.07, 6.45) is 25.0. The number of rotatable bonds is 23. The molecule has 0 bridgehead atoms. The van der Waals surface area contributed by atoms with Crippen molar-refractivity contribution in [1.29, 1.82) is 0 Å². The summed E-state index contributed by atoms with van der Waals surface area (Å²) in [5, 5.41) is 0. The van der Waals surface area contributed by atoms with Crippen molar-refractivity contribution in [3.05, 3.63) is 0 Å². The number of nitrogens with zero attached hydrogens (tertiary/aromatic N) is 1. The van der Waals surface area contributed by atoms with E-state index in [2.05, 4.69) is 27.9 Å². The fraction of sp³-hybridized carbons (Fsp3) is 1.00. The molecule has 0 amide bonds. The maximum absolute atomic E-state index is 5.78. The zero-order valence-corrected chi connectivity index (χ0v) is 23.5. The van der Waals surface area contributed by atoms with Gasteiger partial charge in [-0.3, -0.25) is 0 Å². The third-order valence-corrected chi connectivity index (χ3v) is 10.6. The van der Waals surface area contributed by atoms with Crippen LogP contribution < -0.4 is 0 Å². The molecule has 188 valence electrons. The number of quaternary nitrogens is 1. The first-order chi connectivity index (χ1) is 15.0. The molecule has 0 heterocycles. The lowest BCUT2D eigenvalue weighted by Crippen LogP contribution is -2.72. The number of hydrogen-bond donors (Lipinski definition) is 0. The van der Waals surface area contributed by atoms with E-state index >= 15 is 0 Å². The van der Waals surface area contributed by atoms with E-state index in [9.17, 15) is 0 Å². The molecule has 0 aliphatic rings. The van der Waals surface area contributed by atoms with Gasteiger partial charge in [0.05, 0.1) is 20.1 Å². The molecule has 0 aliphatic carbocycles. The zero-order chi connectivity index (χ0) is 23.4. The van der Waals surface area contributed by atoms with Crippen LogP contribution in [0.25, 0.3) is 0 Å². The maximum atomic E-state index is 5.78. The first kappa shape index (κ1) is 31.1. The van der Waals surface area contributed by atoms with E-state index in [4.69, 9.17) is 13.3 Å². The molecule has 0 aromatic heterocycles. The summed E-state index contributed by atoms with van der Waals surface area (Å²) < 4.78 is 18.1. The van der Waals surface area contributed by atoms with E-state index in [-0.39, 0.29) is 0 Å². The predicted molar refractivity (Wildman–Crippen MR) is 137 cm³/mol. The average Bonchev–Trinajstić information content (AvgIpc) is 2.77. The van der Waals surface area contributed by atoms with Gasteiger partial charge in [-0.1, -0.05) is 110 Å². The Hall–Kier alpha value is 0.0569. The Bertz CT molecular complexity index is 381. The Morgan fingerprint density at radius 1 is 0.548 bits per heavy atom. The Kier molecular flexibility index (Phi) is 19.6. The first-order valence-corrected chi connectivity index (χ1v) is 15.1. The van der Waals surface area contributed by atoms with Crippen LogP contribution in [0.15, 0.2) is 0 Å². The summed E-state index contributed by atoms with van der Waals surface area (Å²) in [5.41, 5.74) is 0. The molecule has 0 aromatic carbocycles. The summed E-state index contributed by atoms with van der Waals surface area (Å²) in [5.74, 6) is 0. The quantitative estimate of drug-likeness (QED) is 0.115. The van der Waals surface area contributed by atoms with Crippen LogP contribution in [0.4, 0.5) is 0 Å². The molecular weight excluding hydrogens is 402 g/mol. The lowest BCUT2D eigenvalue weighted by Gasteiger charge is -2.45. The van der Waals surface area contributed by atoms with Crippen LogP contribution in [-0.2, 0) is 13.3 Å². The van der Waals surface area contributed by atoms with Gasteiger partial charge in [0.2, 0.25) is 0 Å². The van der Waals surface area contributed by atoms with Gasteiger partial charge in [-0.25, -0.2) is 0 Å². The topological polar surface area (TPSA) is 27.7 Å². The largest absolute Gasteiger partial charge is 0.783 e. The van der Waals surface area contributed by atoms with Crippen LogP contribution in [0.2, 0.25) is 0 Å². The van der Waals surface area contributed by atoms with E-state index in [0.717, 1.165) is 6.42 Å². The predicted octanol–water partition coefficient (Wildman–Crippen LogP) is 7.87. The zero-order valence-electron chi connectivity index (χ0n) is 22.5. The maximum Gasteiger partial charge on any atom is 0.783 e. The van der Waals surface area contributed by atoms with Crippen molar-refractivity contribution in [2.24, 2.45) is 0 Å². The van der Waals surface area contributed by atoms with Crippen molar-refractivity contribution in [3.8, 4) is 0 Å². The van der Waals surface area contributed by atoms with Gasteiger partial charge in [0.1, 0.15) is 0 Å². The molecule has 0 saturated carbocycles. The van der Waals surface area contributed by atoms with Crippen LogP contribution in [0.1, 0.15) is 129 Å². The van der Waals surface area contributed by atoms with E-state index in [1.54, 1.807) is 21.3 Å². The minimum absolute atomic E-state index is 0.512. The fourth-order valence-electron chi connectivity index (χ4n) is 5.09. The lowest BCUT2D eigenvalue weighted by molar-refractivity contribution is -0.846. The molecule has 0 radical (unpaired) electrons. The van der Waals surface area contributed by atoms with E-state index in [0.29, 0.717) is 10.2 Å². The van der Waals surface area contributed by atoms with Crippen molar-refractivity contribution in [3.63, 3.8) is 0 Å². The van der Waals surface area contributed by atoms with E-state index < -0.39 is 8.97 Å². The average molecular weight is 461 g/mol. The van der Waals surface area contributed by atoms with Gasteiger partial charge in [0.25, 0.3) is 0 Å². The number of unbranched alkanes of at least 4 members (excludes halogenated alkanes) is 15. The van der Waals surface area contributed by atoms with Gasteiger partial charge in [-0.05, 0) is 19.3 Å². The number of hydrogen-bond acceptors (Lipinski definition) is 3. The smallest absolute Gasteiger partial charge is 0.328 e. The normalized spacial score (nSPS) is 13.6. The highest BCUT2D eigenvalue weighted by atomic mass is 28.4. The van der Waals surface area contributed by atoms with Gasteiger partial charge in [0.15, 0.2) is 0 Å². The molecule has 1 atom stereocenters. The molecular formula is C26H58NO3Si+. The molecule has 0 aliphatic heterocycles. The highest BCUT2D eigenvalue weighted by molar-refractivity contribution is 6.52. The molecule has 1 unspecified atom stereocenters. The molecule has 5 heteroatoms. The molecule has 0 N–H and O–H groups in total. The Morgan fingerprint density at radius 2 is 0.871 bits per heavy atom. The second-order valence-corrected chi connectivity index (χ2v) is 13.3. The molecule has 0 saturated heterocycles. The summed E-state index contributed by atoms with van der Waals surface area (Å²) in [6.45, 7) is 4.57. The summed E-state index contributed by atoms with van der Waals surface area (Å²) in [4.78, 5) is 0. The minimum Gasteiger partial charge on any atom is -0.328 e. The van der Waals surface area contributed by atoms with Gasteiger partial charge in [-0.15, -0.1) is 0 Å². The van der Waals surface area contributed by atoms with Crippen LogP contribution in [-0.4, -0.2) is 54.6 Å². The summed E-state index contributed by atoms with van der Waals surface area (Å²) in [6, 6.07) is 0.512. The van der Waals surface area contributed by atoms with Gasteiger partial charge in [-0.2, -0.15) is 0 Å². The summed E-state index contributed by atoms with van der Waals surface area (Å²) >= 11 is 0. The standard InChI is InChI=1S/C26H58NO3Si/c1-8-10-11-12-13-14-15-16-17-18-19-20-21-22-23-24-25-26(9-2)27(3,4)31(28-5,29-6)30-7/h26H,8-25H2,1-7H3/q+1.